The molecule has 0 aliphatic heterocycles. The van der Waals surface area contributed by atoms with Crippen molar-refractivity contribution < 1.29 is 17.5 Å². The van der Waals surface area contributed by atoms with Gasteiger partial charge in [-0.3, -0.25) is 0 Å². The largest absolute Gasteiger partial charge is 0.494 e. The first-order valence-corrected chi connectivity index (χ1v) is 7.83. The van der Waals surface area contributed by atoms with Gasteiger partial charge in [-0.1, -0.05) is 13.8 Å². The van der Waals surface area contributed by atoms with Crippen LogP contribution in [0, 0.1) is 11.7 Å². The van der Waals surface area contributed by atoms with Gasteiger partial charge in [-0.15, -0.1) is 0 Å². The van der Waals surface area contributed by atoms with Gasteiger partial charge in [0.05, 0.1) is 12.0 Å². The predicted octanol–water partition coefficient (Wildman–Crippen LogP) is 1.49. The van der Waals surface area contributed by atoms with Crippen LogP contribution in [0.1, 0.15) is 20.3 Å². The van der Waals surface area contributed by atoms with Crippen LogP contribution in [0.5, 0.6) is 5.75 Å². The van der Waals surface area contributed by atoms with Crippen molar-refractivity contribution in [1.29, 1.82) is 0 Å². The third-order valence-electron chi connectivity index (χ3n) is 2.74. The van der Waals surface area contributed by atoms with Gasteiger partial charge in [0.25, 0.3) is 0 Å². The van der Waals surface area contributed by atoms with Crippen LogP contribution in [-0.2, 0) is 10.0 Å². The van der Waals surface area contributed by atoms with Crippen LogP contribution >= 0.6 is 0 Å². The summed E-state index contributed by atoms with van der Waals surface area (Å²) in [4.78, 5) is -0.146. The first-order valence-electron chi connectivity index (χ1n) is 6.35. The summed E-state index contributed by atoms with van der Waals surface area (Å²) in [5.74, 6) is -0.338. The molecule has 1 atom stereocenters. The lowest BCUT2D eigenvalue weighted by Gasteiger charge is -2.15. The minimum absolute atomic E-state index is 0.000425. The second-order valence-electron chi connectivity index (χ2n) is 5.04. The average molecular weight is 304 g/mol. The van der Waals surface area contributed by atoms with E-state index in [9.17, 15) is 12.8 Å². The summed E-state index contributed by atoms with van der Waals surface area (Å²) >= 11 is 0. The number of ether oxygens (including phenoxy) is 1. The molecule has 0 fully saturated rings. The van der Waals surface area contributed by atoms with E-state index in [1.54, 1.807) is 0 Å². The van der Waals surface area contributed by atoms with Gasteiger partial charge in [-0.05, 0) is 30.5 Å². The molecule has 0 heterocycles. The Labute approximate surface area is 119 Å². The monoisotopic (exact) mass is 304 g/mol. The van der Waals surface area contributed by atoms with Crippen molar-refractivity contribution in [3.63, 3.8) is 0 Å². The molecule has 1 aromatic carbocycles. The van der Waals surface area contributed by atoms with Gasteiger partial charge in [-0.25, -0.2) is 17.5 Å². The van der Waals surface area contributed by atoms with Crippen LogP contribution in [0.2, 0.25) is 0 Å². The quantitative estimate of drug-likeness (QED) is 0.799. The third-order valence-corrected chi connectivity index (χ3v) is 4.16. The Bertz CT molecular complexity index is 547. The molecule has 0 aromatic heterocycles. The second kappa shape index (κ2) is 7.01. The molecule has 1 unspecified atom stereocenters. The number of nitrogens with one attached hydrogen (secondary N) is 1. The van der Waals surface area contributed by atoms with Crippen LogP contribution in [0.3, 0.4) is 0 Å². The average Bonchev–Trinajstić information content (AvgIpc) is 2.35. The van der Waals surface area contributed by atoms with Crippen molar-refractivity contribution in [3.8, 4) is 5.75 Å². The Morgan fingerprint density at radius 2 is 2.05 bits per heavy atom. The maximum absolute atomic E-state index is 13.5. The number of benzene rings is 1. The van der Waals surface area contributed by atoms with Crippen molar-refractivity contribution in [2.24, 2.45) is 11.7 Å². The molecule has 1 rings (SSSR count). The van der Waals surface area contributed by atoms with Gasteiger partial charge in [0.2, 0.25) is 10.0 Å². The van der Waals surface area contributed by atoms with Crippen molar-refractivity contribution in [3.05, 3.63) is 24.0 Å². The standard InChI is InChI=1S/C13H21FN2O3S/c1-9(2)6-10(15)8-16-20(17,18)11-4-5-13(19-3)12(14)7-11/h4-5,7,9-10,16H,6,8,15H2,1-3H3. The smallest absolute Gasteiger partial charge is 0.240 e. The SMILES string of the molecule is COc1ccc(S(=O)(=O)NCC(N)CC(C)C)cc1F. The first-order chi connectivity index (χ1) is 9.26. The molecule has 5 nitrogen and oxygen atoms in total. The van der Waals surface area contributed by atoms with E-state index in [0.29, 0.717) is 12.3 Å². The number of methoxy groups -OCH3 is 1. The summed E-state index contributed by atoms with van der Waals surface area (Å²) in [5, 5.41) is 0. The molecule has 0 amide bonds. The lowest BCUT2D eigenvalue weighted by molar-refractivity contribution is 0.385. The molecular formula is C13H21FN2O3S. The van der Waals surface area contributed by atoms with Gasteiger partial charge in [0.1, 0.15) is 0 Å². The number of nitrogens with two attached hydrogens (primary N) is 1. The maximum atomic E-state index is 13.5. The van der Waals surface area contributed by atoms with Crippen molar-refractivity contribution in [1.82, 2.24) is 4.72 Å². The molecule has 0 radical (unpaired) electrons. The van der Waals surface area contributed by atoms with E-state index in [1.807, 2.05) is 13.8 Å². The fourth-order valence-electron chi connectivity index (χ4n) is 1.80. The summed E-state index contributed by atoms with van der Waals surface area (Å²) in [5.41, 5.74) is 5.81. The minimum atomic E-state index is -3.76. The van der Waals surface area contributed by atoms with Gasteiger partial charge in [0.15, 0.2) is 11.6 Å². The first kappa shape index (κ1) is 16.9. The van der Waals surface area contributed by atoms with Gasteiger partial charge in [-0.2, -0.15) is 0 Å². The molecule has 20 heavy (non-hydrogen) atoms. The van der Waals surface area contributed by atoms with Gasteiger partial charge < -0.3 is 10.5 Å². The summed E-state index contributed by atoms with van der Waals surface area (Å²) in [6, 6.07) is 3.22. The lowest BCUT2D eigenvalue weighted by Crippen LogP contribution is -2.38. The van der Waals surface area contributed by atoms with Crippen LogP contribution in [0.25, 0.3) is 0 Å². The molecule has 0 aliphatic rings. The van der Waals surface area contributed by atoms with E-state index in [1.165, 1.54) is 19.2 Å². The third kappa shape index (κ3) is 4.73. The molecular weight excluding hydrogens is 283 g/mol. The van der Waals surface area contributed by atoms with E-state index in [-0.39, 0.29) is 23.2 Å². The van der Waals surface area contributed by atoms with Crippen LogP contribution < -0.4 is 15.2 Å². The van der Waals surface area contributed by atoms with E-state index in [2.05, 4.69) is 4.72 Å². The van der Waals surface area contributed by atoms with Gasteiger partial charge in [0, 0.05) is 12.6 Å². The molecule has 3 N–H and O–H groups in total. The molecule has 0 saturated heterocycles. The fourth-order valence-corrected chi connectivity index (χ4v) is 2.91. The summed E-state index contributed by atoms with van der Waals surface area (Å²) in [6.07, 6.45) is 0.708. The second-order valence-corrected chi connectivity index (χ2v) is 6.80. The molecule has 0 aliphatic carbocycles. The minimum Gasteiger partial charge on any atom is -0.494 e. The van der Waals surface area contributed by atoms with Crippen LogP contribution in [0.4, 0.5) is 4.39 Å². The van der Waals surface area contributed by atoms with Crippen molar-refractivity contribution in [2.45, 2.75) is 31.2 Å². The Kier molecular flexibility index (Phi) is 5.91. The molecule has 0 saturated carbocycles. The predicted molar refractivity (Wildman–Crippen MR) is 75.6 cm³/mol. The fraction of sp³-hybridized carbons (Fsp3) is 0.538. The summed E-state index contributed by atoms with van der Waals surface area (Å²) in [7, 11) is -2.45. The zero-order valence-corrected chi connectivity index (χ0v) is 12.7. The lowest BCUT2D eigenvalue weighted by atomic mass is 10.1. The Morgan fingerprint density at radius 3 is 2.55 bits per heavy atom. The number of rotatable bonds is 7. The topological polar surface area (TPSA) is 81.4 Å². The number of halogens is 1. The Balaban J connectivity index is 2.76. The number of sulfonamides is 1. The molecule has 0 bridgehead atoms. The number of hydrogen-bond donors (Lipinski definition) is 2. The van der Waals surface area contributed by atoms with Crippen molar-refractivity contribution >= 4 is 10.0 Å². The molecule has 7 heteroatoms. The van der Waals surface area contributed by atoms with Gasteiger partial charge >= 0.3 is 0 Å². The summed E-state index contributed by atoms with van der Waals surface area (Å²) < 4.78 is 44.6. The van der Waals surface area contributed by atoms with Crippen LogP contribution in [-0.4, -0.2) is 28.1 Å². The molecule has 114 valence electrons. The van der Waals surface area contributed by atoms with Crippen LogP contribution in [0.15, 0.2) is 23.1 Å². The Hall–Kier alpha value is -1.18. The van der Waals surface area contributed by atoms with E-state index in [4.69, 9.17) is 10.5 Å². The molecule has 1 aromatic rings. The van der Waals surface area contributed by atoms with E-state index in [0.717, 1.165) is 6.07 Å². The highest BCUT2D eigenvalue weighted by Gasteiger charge is 2.18. The maximum Gasteiger partial charge on any atom is 0.240 e. The van der Waals surface area contributed by atoms with E-state index >= 15 is 0 Å². The highest BCUT2D eigenvalue weighted by molar-refractivity contribution is 7.89. The normalized spacial score (nSPS) is 13.5. The Morgan fingerprint density at radius 1 is 1.40 bits per heavy atom. The van der Waals surface area contributed by atoms with E-state index < -0.39 is 15.8 Å². The molecule has 0 spiro atoms. The number of hydrogen-bond acceptors (Lipinski definition) is 4. The highest BCUT2D eigenvalue weighted by Crippen LogP contribution is 2.20. The highest BCUT2D eigenvalue weighted by atomic mass is 32.2. The zero-order chi connectivity index (χ0) is 15.3. The zero-order valence-electron chi connectivity index (χ0n) is 11.9. The summed E-state index contributed by atoms with van der Waals surface area (Å²) in [6.45, 7) is 4.13. The van der Waals surface area contributed by atoms with Crippen molar-refractivity contribution in [2.75, 3.05) is 13.7 Å².